The zero-order valence-electron chi connectivity index (χ0n) is 14.5. The van der Waals surface area contributed by atoms with Gasteiger partial charge in [-0.25, -0.2) is 0 Å². The van der Waals surface area contributed by atoms with E-state index in [1.165, 1.54) is 0 Å². The van der Waals surface area contributed by atoms with Gasteiger partial charge in [-0.15, -0.1) is 13.2 Å². The summed E-state index contributed by atoms with van der Waals surface area (Å²) in [5.74, 6) is 0.309. The molecule has 0 amide bonds. The summed E-state index contributed by atoms with van der Waals surface area (Å²) >= 11 is 0. The van der Waals surface area contributed by atoms with Gasteiger partial charge in [0.1, 0.15) is 5.69 Å². The number of nitrogens with two attached hydrogens (primary N) is 1. The van der Waals surface area contributed by atoms with Crippen LogP contribution in [0.25, 0.3) is 5.57 Å². The van der Waals surface area contributed by atoms with Gasteiger partial charge in [0.25, 0.3) is 0 Å². The van der Waals surface area contributed by atoms with Crippen molar-refractivity contribution in [3.8, 4) is 5.75 Å². The van der Waals surface area contributed by atoms with Crippen LogP contribution in [0.3, 0.4) is 0 Å². The van der Waals surface area contributed by atoms with Crippen LogP contribution in [0.2, 0.25) is 0 Å². The second kappa shape index (κ2) is 6.48. The van der Waals surface area contributed by atoms with Gasteiger partial charge in [-0.1, -0.05) is 13.5 Å². The van der Waals surface area contributed by atoms with Crippen molar-refractivity contribution in [2.45, 2.75) is 57.9 Å². The summed E-state index contributed by atoms with van der Waals surface area (Å²) in [4.78, 5) is 4.32. The van der Waals surface area contributed by atoms with Gasteiger partial charge in [0, 0.05) is 23.7 Å². The van der Waals surface area contributed by atoms with Crippen LogP contribution in [0.1, 0.15) is 55.7 Å². The Labute approximate surface area is 145 Å². The number of hydrogen-bond donors (Lipinski definition) is 1. The lowest BCUT2D eigenvalue weighted by Gasteiger charge is -2.34. The van der Waals surface area contributed by atoms with E-state index in [2.05, 4.69) is 16.3 Å². The molecule has 0 radical (unpaired) electrons. The normalized spacial score (nSPS) is 24.8. The van der Waals surface area contributed by atoms with Gasteiger partial charge >= 0.3 is 6.36 Å². The van der Waals surface area contributed by atoms with Crippen LogP contribution < -0.4 is 10.5 Å². The number of hydrogen-bond acceptors (Lipinski definition) is 3. The number of fused-ring (bicyclic) bond motifs is 1. The van der Waals surface area contributed by atoms with Crippen molar-refractivity contribution >= 4 is 17.5 Å². The molecule has 136 valence electrons. The molecule has 1 unspecified atom stereocenters. The van der Waals surface area contributed by atoms with E-state index in [0.29, 0.717) is 22.7 Å². The highest BCUT2D eigenvalue weighted by atomic mass is 19.4. The average molecular weight is 352 g/mol. The first kappa shape index (κ1) is 18.0. The maximum atomic E-state index is 12.9. The fourth-order valence-electron chi connectivity index (χ4n) is 3.85. The molecular weight excluding hydrogens is 329 g/mol. The van der Waals surface area contributed by atoms with E-state index >= 15 is 0 Å². The Morgan fingerprint density at radius 1 is 1.40 bits per heavy atom. The first-order valence-electron chi connectivity index (χ1n) is 8.60. The number of rotatable bonds is 5. The number of ether oxygens (including phenoxy) is 1. The minimum absolute atomic E-state index is 0.0252. The minimum Gasteiger partial charge on any atom is -0.403 e. The van der Waals surface area contributed by atoms with Gasteiger partial charge in [-0.2, -0.15) is 0 Å². The van der Waals surface area contributed by atoms with E-state index in [0.717, 1.165) is 36.8 Å². The van der Waals surface area contributed by atoms with E-state index < -0.39 is 6.36 Å². The lowest BCUT2D eigenvalue weighted by molar-refractivity contribution is -0.274. The van der Waals surface area contributed by atoms with Crippen LogP contribution in [0.4, 0.5) is 18.9 Å². The van der Waals surface area contributed by atoms with Crippen molar-refractivity contribution in [3.63, 3.8) is 0 Å². The molecule has 1 aromatic rings. The summed E-state index contributed by atoms with van der Waals surface area (Å²) in [6.45, 7) is 7.48. The number of halogens is 3. The molecule has 25 heavy (non-hydrogen) atoms. The summed E-state index contributed by atoms with van der Waals surface area (Å²) < 4.78 is 43.1. The number of allylic oxidation sites excluding steroid dienone is 1. The molecule has 0 aromatic heterocycles. The molecule has 1 atom stereocenters. The largest absolute Gasteiger partial charge is 0.573 e. The Balaban J connectivity index is 2.03. The summed E-state index contributed by atoms with van der Waals surface area (Å²) in [6.07, 6.45) is 0.529. The van der Waals surface area contributed by atoms with E-state index in [-0.39, 0.29) is 17.7 Å². The van der Waals surface area contributed by atoms with Gasteiger partial charge in [-0.05, 0) is 61.3 Å². The fourth-order valence-corrected chi connectivity index (χ4v) is 3.85. The molecule has 1 fully saturated rings. The number of alkyl halides is 3. The summed E-state index contributed by atoms with van der Waals surface area (Å²) in [5, 5.41) is 0. The Morgan fingerprint density at radius 2 is 2.08 bits per heavy atom. The molecule has 6 heteroatoms. The van der Waals surface area contributed by atoms with Crippen molar-refractivity contribution in [2.24, 2.45) is 16.6 Å². The second-order valence-electron chi connectivity index (χ2n) is 7.07. The number of aryl methyl sites for hydroxylation is 1. The van der Waals surface area contributed by atoms with Gasteiger partial charge in [0.05, 0.1) is 0 Å². The van der Waals surface area contributed by atoms with Crippen LogP contribution >= 0.6 is 0 Å². The Bertz CT molecular complexity index is 718. The Morgan fingerprint density at radius 3 is 2.60 bits per heavy atom. The fraction of sp³-hybridized carbons (Fsp3) is 0.526. The molecule has 2 N–H and O–H groups in total. The highest BCUT2D eigenvalue weighted by Crippen LogP contribution is 2.50. The van der Waals surface area contributed by atoms with Gasteiger partial charge in [-0.3, -0.25) is 4.99 Å². The van der Waals surface area contributed by atoms with Crippen molar-refractivity contribution < 1.29 is 17.9 Å². The van der Waals surface area contributed by atoms with Crippen LogP contribution in [0, 0.1) is 5.92 Å². The Kier molecular flexibility index (Phi) is 4.66. The lowest BCUT2D eigenvalue weighted by atomic mass is 9.74. The predicted octanol–water partition coefficient (Wildman–Crippen LogP) is 5.11. The smallest absolute Gasteiger partial charge is 0.403 e. The molecule has 1 aliphatic carbocycles. The summed E-state index contributed by atoms with van der Waals surface area (Å²) in [7, 11) is 0. The average Bonchev–Trinajstić information content (AvgIpc) is 2.88. The monoisotopic (exact) mass is 352 g/mol. The van der Waals surface area contributed by atoms with Gasteiger partial charge < -0.3 is 10.5 Å². The molecule has 0 saturated heterocycles. The minimum atomic E-state index is -4.76. The first-order chi connectivity index (χ1) is 11.7. The van der Waals surface area contributed by atoms with E-state index in [9.17, 15) is 13.2 Å². The van der Waals surface area contributed by atoms with Crippen LogP contribution in [0.15, 0.2) is 17.6 Å². The topological polar surface area (TPSA) is 47.6 Å². The van der Waals surface area contributed by atoms with Crippen molar-refractivity contribution in [3.05, 3.63) is 29.3 Å². The molecule has 2 aliphatic rings. The van der Waals surface area contributed by atoms with E-state index in [4.69, 9.17) is 5.73 Å². The SMILES string of the molecule is C=C(C)c1cc(CC)c2c(c1OC(F)(F)F)N=CC2CC1CC(N)C1. The van der Waals surface area contributed by atoms with Gasteiger partial charge in [0.15, 0.2) is 5.75 Å². The molecular formula is C19H23F3N2O. The number of aliphatic imine (C=N–C) groups is 1. The van der Waals surface area contributed by atoms with Crippen molar-refractivity contribution in [1.82, 2.24) is 0 Å². The zero-order valence-corrected chi connectivity index (χ0v) is 14.5. The lowest BCUT2D eigenvalue weighted by Crippen LogP contribution is -2.37. The zero-order chi connectivity index (χ0) is 18.4. The molecule has 3 rings (SSSR count). The summed E-state index contributed by atoms with van der Waals surface area (Å²) in [6, 6.07) is 2.03. The molecule has 0 spiro atoms. The highest BCUT2D eigenvalue weighted by molar-refractivity contribution is 5.88. The third-order valence-electron chi connectivity index (χ3n) is 5.05. The van der Waals surface area contributed by atoms with Crippen LogP contribution in [-0.2, 0) is 6.42 Å². The van der Waals surface area contributed by atoms with Crippen molar-refractivity contribution in [1.29, 1.82) is 0 Å². The molecule has 1 aromatic carbocycles. The van der Waals surface area contributed by atoms with E-state index in [1.807, 2.05) is 6.92 Å². The molecule has 0 bridgehead atoms. The van der Waals surface area contributed by atoms with E-state index in [1.54, 1.807) is 19.2 Å². The molecule has 1 saturated carbocycles. The number of benzene rings is 1. The Hall–Kier alpha value is -1.82. The second-order valence-corrected chi connectivity index (χ2v) is 7.07. The highest BCUT2D eigenvalue weighted by Gasteiger charge is 2.38. The maximum Gasteiger partial charge on any atom is 0.573 e. The molecule has 3 nitrogen and oxygen atoms in total. The van der Waals surface area contributed by atoms with Crippen LogP contribution in [0.5, 0.6) is 5.75 Å². The standard InChI is InChI=1S/C19H23F3N2O/c1-4-12-8-15(10(2)3)18(25-19(20,21)22)17-16(12)13(9-24-17)5-11-6-14(23)7-11/h8-9,11,13-14H,2,4-7,23H2,1,3H3. The number of nitrogens with zero attached hydrogens (tertiary/aromatic N) is 1. The molecule has 1 aliphatic heterocycles. The summed E-state index contributed by atoms with van der Waals surface area (Å²) in [5.41, 5.74) is 8.94. The van der Waals surface area contributed by atoms with Crippen molar-refractivity contribution in [2.75, 3.05) is 0 Å². The quantitative estimate of drug-likeness (QED) is 0.801. The van der Waals surface area contributed by atoms with Gasteiger partial charge in [0.2, 0.25) is 0 Å². The van der Waals surface area contributed by atoms with Crippen LogP contribution in [-0.4, -0.2) is 18.6 Å². The predicted molar refractivity (Wildman–Crippen MR) is 93.4 cm³/mol. The third-order valence-corrected chi connectivity index (χ3v) is 5.05. The third kappa shape index (κ3) is 3.59. The molecule has 1 heterocycles. The maximum absolute atomic E-state index is 12.9. The first-order valence-corrected chi connectivity index (χ1v) is 8.60.